The van der Waals surface area contributed by atoms with Crippen LogP contribution in [0.15, 0.2) is 14.7 Å². The fourth-order valence-corrected chi connectivity index (χ4v) is 6.36. The maximum atomic E-state index is 12.4. The Hall–Kier alpha value is 0.01000. The maximum Gasteiger partial charge on any atom is 0.242 e. The number of hydrogen-bond donors (Lipinski definition) is 2. The molecular weight excluding hydrogens is 364 g/mol. The molecular formula is C12H19BrN2O3S2. The summed E-state index contributed by atoms with van der Waals surface area (Å²) in [5.74, 6) is 0. The van der Waals surface area contributed by atoms with Crippen molar-refractivity contribution in [1.82, 2.24) is 10.0 Å². The van der Waals surface area contributed by atoms with Gasteiger partial charge in [-0.25, -0.2) is 13.1 Å². The van der Waals surface area contributed by atoms with E-state index in [0.717, 1.165) is 24.1 Å². The Morgan fingerprint density at radius 3 is 2.85 bits per heavy atom. The van der Waals surface area contributed by atoms with Crippen molar-refractivity contribution in [2.75, 3.05) is 14.2 Å². The van der Waals surface area contributed by atoms with Crippen LogP contribution in [-0.2, 0) is 21.3 Å². The SMILES string of the molecule is CNCc1cc(S(=O)(=O)NC2CCC(OC)C2)c(Br)s1. The molecule has 2 atom stereocenters. The third-order valence-electron chi connectivity index (χ3n) is 3.39. The van der Waals surface area contributed by atoms with Gasteiger partial charge in [0, 0.05) is 24.6 Å². The first-order valence-corrected chi connectivity index (χ1v) is 9.53. The molecule has 2 N–H and O–H groups in total. The Morgan fingerprint density at radius 2 is 2.25 bits per heavy atom. The summed E-state index contributed by atoms with van der Waals surface area (Å²) in [5.41, 5.74) is 0. The van der Waals surface area contributed by atoms with E-state index in [9.17, 15) is 8.42 Å². The van der Waals surface area contributed by atoms with Crippen LogP contribution in [0.1, 0.15) is 24.1 Å². The monoisotopic (exact) mass is 382 g/mol. The molecule has 0 saturated heterocycles. The predicted octanol–water partition coefficient (Wildman–Crippen LogP) is 2.08. The zero-order valence-corrected chi connectivity index (χ0v) is 14.7. The Bertz CT molecular complexity index is 559. The van der Waals surface area contributed by atoms with Crippen LogP contribution in [0.4, 0.5) is 0 Å². The molecule has 1 fully saturated rings. The number of hydrogen-bond acceptors (Lipinski definition) is 5. The summed E-state index contributed by atoms with van der Waals surface area (Å²) in [6, 6.07) is 1.68. The lowest BCUT2D eigenvalue weighted by atomic mass is 10.3. The van der Waals surface area contributed by atoms with E-state index in [0.29, 0.717) is 15.2 Å². The summed E-state index contributed by atoms with van der Waals surface area (Å²) in [4.78, 5) is 1.31. The molecule has 2 rings (SSSR count). The average molecular weight is 383 g/mol. The molecule has 8 heteroatoms. The second-order valence-corrected chi connectivity index (χ2v) is 9.01. The van der Waals surface area contributed by atoms with Crippen molar-refractivity contribution in [3.8, 4) is 0 Å². The van der Waals surface area contributed by atoms with Crippen molar-refractivity contribution in [3.63, 3.8) is 0 Å². The van der Waals surface area contributed by atoms with Crippen molar-refractivity contribution < 1.29 is 13.2 Å². The van der Waals surface area contributed by atoms with E-state index in [1.165, 1.54) is 11.3 Å². The van der Waals surface area contributed by atoms with Crippen LogP contribution in [-0.4, -0.2) is 34.7 Å². The van der Waals surface area contributed by atoms with Gasteiger partial charge in [-0.15, -0.1) is 11.3 Å². The third-order valence-corrected chi connectivity index (χ3v) is 7.16. The molecule has 1 saturated carbocycles. The molecule has 1 aliphatic rings. The summed E-state index contributed by atoms with van der Waals surface area (Å²) in [7, 11) is 0.0312. The highest BCUT2D eigenvalue weighted by Gasteiger charge is 2.30. The number of nitrogens with one attached hydrogen (secondary N) is 2. The summed E-state index contributed by atoms with van der Waals surface area (Å²) in [5, 5.41) is 3.02. The normalized spacial score (nSPS) is 23.4. The van der Waals surface area contributed by atoms with Crippen molar-refractivity contribution in [1.29, 1.82) is 0 Å². The van der Waals surface area contributed by atoms with Crippen LogP contribution in [0.2, 0.25) is 0 Å². The van der Waals surface area contributed by atoms with Crippen LogP contribution in [0.5, 0.6) is 0 Å². The highest BCUT2D eigenvalue weighted by molar-refractivity contribution is 9.11. The lowest BCUT2D eigenvalue weighted by Crippen LogP contribution is -2.33. The molecule has 114 valence electrons. The molecule has 0 bridgehead atoms. The van der Waals surface area contributed by atoms with Gasteiger partial charge in [-0.1, -0.05) is 0 Å². The Kier molecular flexibility index (Phi) is 5.61. The quantitative estimate of drug-likeness (QED) is 0.790. The summed E-state index contributed by atoms with van der Waals surface area (Å²) in [6.07, 6.45) is 2.62. The molecule has 20 heavy (non-hydrogen) atoms. The zero-order chi connectivity index (χ0) is 14.8. The lowest BCUT2D eigenvalue weighted by Gasteiger charge is -2.12. The number of halogens is 1. The molecule has 0 aromatic carbocycles. The van der Waals surface area contributed by atoms with E-state index in [-0.39, 0.29) is 12.1 Å². The van der Waals surface area contributed by atoms with E-state index in [4.69, 9.17) is 4.74 Å². The highest BCUT2D eigenvalue weighted by Crippen LogP contribution is 2.32. The van der Waals surface area contributed by atoms with Crippen LogP contribution in [0.3, 0.4) is 0 Å². The molecule has 0 amide bonds. The van der Waals surface area contributed by atoms with Crippen LogP contribution >= 0.6 is 27.3 Å². The van der Waals surface area contributed by atoms with E-state index in [1.807, 2.05) is 7.05 Å². The van der Waals surface area contributed by atoms with Crippen molar-refractivity contribution in [2.24, 2.45) is 0 Å². The number of rotatable bonds is 6. The van der Waals surface area contributed by atoms with Crippen LogP contribution in [0, 0.1) is 0 Å². The van der Waals surface area contributed by atoms with Crippen molar-refractivity contribution >= 4 is 37.3 Å². The fourth-order valence-electron chi connectivity index (χ4n) is 2.39. The fraction of sp³-hybridized carbons (Fsp3) is 0.667. The van der Waals surface area contributed by atoms with E-state index in [2.05, 4.69) is 26.0 Å². The smallest absolute Gasteiger partial charge is 0.242 e. The van der Waals surface area contributed by atoms with Gasteiger partial charge in [0.15, 0.2) is 0 Å². The molecule has 1 aromatic heterocycles. The van der Waals surface area contributed by atoms with Gasteiger partial charge in [-0.05, 0) is 48.3 Å². The molecule has 2 unspecified atom stereocenters. The number of methoxy groups -OCH3 is 1. The summed E-state index contributed by atoms with van der Waals surface area (Å²) in [6.45, 7) is 0.661. The molecule has 1 aromatic rings. The van der Waals surface area contributed by atoms with Gasteiger partial charge >= 0.3 is 0 Å². The van der Waals surface area contributed by atoms with Gasteiger partial charge in [0.25, 0.3) is 0 Å². The highest BCUT2D eigenvalue weighted by atomic mass is 79.9. The second kappa shape index (κ2) is 6.85. The average Bonchev–Trinajstić information content (AvgIpc) is 2.96. The van der Waals surface area contributed by atoms with E-state index >= 15 is 0 Å². The first-order chi connectivity index (χ1) is 9.46. The van der Waals surface area contributed by atoms with Gasteiger partial charge in [-0.2, -0.15) is 0 Å². The molecule has 0 radical (unpaired) electrons. The molecule has 1 aliphatic carbocycles. The van der Waals surface area contributed by atoms with E-state index in [1.54, 1.807) is 13.2 Å². The predicted molar refractivity (Wildman–Crippen MR) is 83.5 cm³/mol. The first-order valence-electron chi connectivity index (χ1n) is 6.44. The molecule has 0 spiro atoms. The Labute approximate surface area is 132 Å². The number of sulfonamides is 1. The molecule has 0 aliphatic heterocycles. The van der Waals surface area contributed by atoms with Gasteiger partial charge in [0.2, 0.25) is 10.0 Å². The maximum absolute atomic E-state index is 12.4. The van der Waals surface area contributed by atoms with Crippen molar-refractivity contribution in [2.45, 2.75) is 42.8 Å². The topological polar surface area (TPSA) is 67.4 Å². The van der Waals surface area contributed by atoms with Gasteiger partial charge in [0.1, 0.15) is 4.90 Å². The van der Waals surface area contributed by atoms with Gasteiger partial charge in [-0.3, -0.25) is 0 Å². The number of thiophene rings is 1. The molecule has 1 heterocycles. The summed E-state index contributed by atoms with van der Waals surface area (Å²) >= 11 is 4.78. The third kappa shape index (κ3) is 3.80. The second-order valence-electron chi connectivity index (χ2n) is 4.87. The Morgan fingerprint density at radius 1 is 1.50 bits per heavy atom. The molecule has 5 nitrogen and oxygen atoms in total. The lowest BCUT2D eigenvalue weighted by molar-refractivity contribution is 0.107. The minimum atomic E-state index is -3.47. The van der Waals surface area contributed by atoms with E-state index < -0.39 is 10.0 Å². The van der Waals surface area contributed by atoms with Crippen molar-refractivity contribution in [3.05, 3.63) is 14.7 Å². The van der Waals surface area contributed by atoms with Crippen LogP contribution < -0.4 is 10.0 Å². The van der Waals surface area contributed by atoms with Crippen LogP contribution in [0.25, 0.3) is 0 Å². The Balaban J connectivity index is 2.10. The minimum Gasteiger partial charge on any atom is -0.381 e. The first kappa shape index (κ1) is 16.4. The number of ether oxygens (including phenoxy) is 1. The largest absolute Gasteiger partial charge is 0.381 e. The summed E-state index contributed by atoms with van der Waals surface area (Å²) < 4.78 is 33.6. The minimum absolute atomic E-state index is 0.0375. The van der Waals surface area contributed by atoms with Gasteiger partial charge in [0.05, 0.1) is 9.89 Å². The zero-order valence-electron chi connectivity index (χ0n) is 11.5. The standard InChI is InChI=1S/C12H19BrN2O3S2/c1-14-7-10-6-11(12(13)19-10)20(16,17)15-8-3-4-9(5-8)18-2/h6,8-9,14-15H,3-5,7H2,1-2H3. The van der Waals surface area contributed by atoms with Gasteiger partial charge < -0.3 is 10.1 Å².